The summed E-state index contributed by atoms with van der Waals surface area (Å²) in [6, 6.07) is 2.69. The van der Waals surface area contributed by atoms with Crippen molar-refractivity contribution in [3.8, 4) is 0 Å². The van der Waals surface area contributed by atoms with Crippen molar-refractivity contribution in [2.45, 2.75) is 185 Å². The fraction of sp³-hybridized carbons (Fsp3) is 0.763. The summed E-state index contributed by atoms with van der Waals surface area (Å²) < 4.78 is 42.9. The zero-order chi connectivity index (χ0) is 57.9. The first kappa shape index (κ1) is 76.2. The number of allylic oxidation sites excluding steroid dienone is 14. The number of fused-ring (bicyclic) bond motifs is 2. The van der Waals surface area contributed by atoms with Crippen LogP contribution in [-0.4, -0.2) is 144 Å². The molecule has 2 bridgehead atoms. The van der Waals surface area contributed by atoms with Gasteiger partial charge in [0.05, 0.1) is 24.9 Å². The van der Waals surface area contributed by atoms with Gasteiger partial charge in [0.25, 0.3) is 0 Å². The van der Waals surface area contributed by atoms with Gasteiger partial charge in [0.2, 0.25) is 16.6 Å². The van der Waals surface area contributed by atoms with Crippen LogP contribution in [0.2, 0.25) is 24.2 Å². The van der Waals surface area contributed by atoms with Crippen molar-refractivity contribution in [1.82, 2.24) is 0 Å². The number of hydrogen-bond donors (Lipinski definition) is 5. The van der Waals surface area contributed by atoms with Gasteiger partial charge < -0.3 is 55.8 Å². The van der Waals surface area contributed by atoms with Gasteiger partial charge in [-0.15, -0.1) is 0 Å². The Kier molecular flexibility index (Phi) is 49.8. The van der Waals surface area contributed by atoms with E-state index >= 15 is 0 Å². The van der Waals surface area contributed by atoms with Gasteiger partial charge in [0, 0.05) is 69.0 Å². The van der Waals surface area contributed by atoms with E-state index < -0.39 is 34.2 Å². The first-order chi connectivity index (χ1) is 38.0. The summed E-state index contributed by atoms with van der Waals surface area (Å²) in [6.45, 7) is 0. The molecular weight excluding hydrogens is 1050 g/mol. The average molecular weight is 1170 g/mol. The van der Waals surface area contributed by atoms with E-state index in [2.05, 4.69) is 91.4 Å². The topological polar surface area (TPSA) is 193 Å². The van der Waals surface area contributed by atoms with Crippen molar-refractivity contribution in [3.05, 3.63) is 85.1 Å². The SMILES string of the molecule is C1=CC2CCC1C2.C1=CCCCCCC1.CO[Si](CO)(CO)C/C=C/CC[Si](OC)(OC)OC.CO[Si](CO)(CO)CC=CCCCCCCC=CC1CCC(C=CCCCCCCC=CC[Si](OC)(OC)OC)C1.[B]=NN. The molecule has 0 heterocycles. The summed E-state index contributed by atoms with van der Waals surface area (Å²) in [5.41, 5.74) is 0. The van der Waals surface area contributed by atoms with Crippen molar-refractivity contribution >= 4 is 41.9 Å². The van der Waals surface area contributed by atoms with Crippen LogP contribution < -0.4 is 5.84 Å². The normalized spacial score (nSPS) is 19.6. The summed E-state index contributed by atoms with van der Waals surface area (Å²) in [5, 5.41) is 39.9. The average Bonchev–Trinajstić information content (AvgIpc) is 4.26. The van der Waals surface area contributed by atoms with Crippen molar-refractivity contribution in [3.63, 3.8) is 0 Å². The maximum absolute atomic E-state index is 9.45. The first-order valence-corrected chi connectivity index (χ1v) is 38.4. The molecule has 4 aliphatic carbocycles. The molecule has 1 radical (unpaired) electrons. The van der Waals surface area contributed by atoms with Crippen LogP contribution in [0, 0.1) is 23.7 Å². The second kappa shape index (κ2) is 50.9. The molecule has 4 rings (SSSR count). The Morgan fingerprint density at radius 2 is 0.808 bits per heavy atom. The van der Waals surface area contributed by atoms with E-state index in [-0.39, 0.29) is 24.9 Å². The predicted molar refractivity (Wildman–Crippen MR) is 332 cm³/mol. The molecule has 2 saturated carbocycles. The molecule has 4 atom stereocenters. The van der Waals surface area contributed by atoms with Gasteiger partial charge in [0.15, 0.2) is 0 Å². The number of unbranched alkanes of at least 4 members (excludes halogenated alkanes) is 10. The minimum atomic E-state index is -2.51. The number of aliphatic hydroxyl groups excluding tert-OH is 4. The molecule has 19 heteroatoms. The number of rotatable bonds is 37. The van der Waals surface area contributed by atoms with Crippen molar-refractivity contribution in [1.29, 1.82) is 0 Å². The molecule has 0 saturated heterocycles. The van der Waals surface area contributed by atoms with E-state index in [1.807, 2.05) is 12.2 Å². The summed E-state index contributed by atoms with van der Waals surface area (Å²) in [5.74, 6) is 7.78. The molecule has 0 aromatic heterocycles. The Morgan fingerprint density at radius 1 is 0.449 bits per heavy atom. The monoisotopic (exact) mass is 1170 g/mol. The molecule has 2 fully saturated rings. The van der Waals surface area contributed by atoms with Gasteiger partial charge in [-0.2, -0.15) is 0 Å². The first-order valence-electron chi connectivity index (χ1n) is 29.5. The predicted octanol–water partition coefficient (Wildman–Crippen LogP) is 12.4. The van der Waals surface area contributed by atoms with E-state index in [0.717, 1.165) is 49.0 Å². The van der Waals surface area contributed by atoms with Crippen LogP contribution in [0.15, 0.2) is 90.1 Å². The number of aliphatic hydroxyl groups is 4. The van der Waals surface area contributed by atoms with Gasteiger partial charge in [0.1, 0.15) is 0 Å². The molecule has 4 unspecified atom stereocenters. The van der Waals surface area contributed by atoms with Gasteiger partial charge >= 0.3 is 36.1 Å². The van der Waals surface area contributed by atoms with Crippen molar-refractivity contribution in [2.75, 3.05) is 81.8 Å². The third-order valence-corrected chi connectivity index (χ3v) is 26.9. The summed E-state index contributed by atoms with van der Waals surface area (Å²) in [4.78, 5) is 0. The van der Waals surface area contributed by atoms with E-state index in [4.69, 9.17) is 35.4 Å². The van der Waals surface area contributed by atoms with Crippen LogP contribution in [0.5, 0.6) is 0 Å². The van der Waals surface area contributed by atoms with Crippen LogP contribution in [0.4, 0.5) is 0 Å². The molecule has 0 amide bonds. The van der Waals surface area contributed by atoms with Crippen LogP contribution in [0.1, 0.15) is 161 Å². The zero-order valence-electron chi connectivity index (χ0n) is 50.4. The van der Waals surface area contributed by atoms with E-state index in [9.17, 15) is 20.4 Å². The quantitative estimate of drug-likeness (QED) is 0.0130. The maximum atomic E-state index is 9.45. The molecule has 14 nitrogen and oxygen atoms in total. The minimum absolute atomic E-state index is 0.0271. The molecule has 6 N–H and O–H groups in total. The van der Waals surface area contributed by atoms with E-state index in [1.54, 1.807) is 49.8 Å². The van der Waals surface area contributed by atoms with Crippen LogP contribution >= 0.6 is 0 Å². The third-order valence-electron chi connectivity index (χ3n) is 15.5. The molecule has 451 valence electrons. The van der Waals surface area contributed by atoms with Crippen LogP contribution in [-0.2, 0) is 35.4 Å². The Morgan fingerprint density at radius 3 is 1.13 bits per heavy atom. The Bertz CT molecular complexity index is 1500. The summed E-state index contributed by atoms with van der Waals surface area (Å²) in [6.07, 6.45) is 63.9. The molecule has 78 heavy (non-hydrogen) atoms. The molecule has 0 aromatic carbocycles. The van der Waals surface area contributed by atoms with Crippen molar-refractivity contribution < 1.29 is 55.8 Å². The Labute approximate surface area is 481 Å². The van der Waals surface area contributed by atoms with Gasteiger partial charge in [-0.25, -0.2) is 0 Å². The third kappa shape index (κ3) is 36.0. The van der Waals surface area contributed by atoms with Gasteiger partial charge in [-0.3, -0.25) is 0 Å². The second-order valence-corrected chi connectivity index (χ2v) is 34.8. The summed E-state index contributed by atoms with van der Waals surface area (Å²) in [7, 11) is 7.41. The number of hydrogen-bond acceptors (Lipinski definition) is 14. The Balaban J connectivity index is 0.00000128. The molecule has 4 aliphatic rings. The zero-order valence-corrected chi connectivity index (χ0v) is 54.4. The number of nitrogens with two attached hydrogens (primary N) is 1. The van der Waals surface area contributed by atoms with E-state index in [0.29, 0.717) is 18.1 Å². The summed E-state index contributed by atoms with van der Waals surface area (Å²) >= 11 is 0. The van der Waals surface area contributed by atoms with Gasteiger partial charge in [-0.05, 0) is 158 Å². The molecule has 0 spiro atoms. The molecule has 0 aliphatic heterocycles. The van der Waals surface area contributed by atoms with Crippen LogP contribution in [0.3, 0.4) is 0 Å². The molecule has 0 aromatic rings. The van der Waals surface area contributed by atoms with E-state index in [1.165, 1.54) is 148 Å². The van der Waals surface area contributed by atoms with Crippen molar-refractivity contribution in [2.24, 2.45) is 34.5 Å². The molecular formula is C59H114BN2O12Si4. The standard InChI is InChI=1S/C33H62O6Si2.C11H26O6Si2.C8H14.C7H10.BH2N2/c1-36-40(30-34,31-35)27-21-17-13-9-5-7-11-15-19-23-32-25-26-33(29-32)24-20-16-12-8-6-10-14-18-22-28-41(37-2,38-3)39-4;1-14-18(10-12,11-13)8-6-5-7-9-19(15-2,16-3)17-4;1-2-4-6-8-7-5-3-1;1-2-7-4-3-6(1)5-7;1-3-2/h17-24,32-35H,5-16,25-31H2,1-4H3;5-6,12-13H,7-11H2,1-4H3;1-2H,3-8H2;1-2,6-7H,3-5H2;2H2/b;6-5+;;;. The van der Waals surface area contributed by atoms with Crippen LogP contribution in [0.25, 0.3) is 0 Å². The fourth-order valence-corrected chi connectivity index (χ4v) is 15.7. The Hall–Kier alpha value is -1.77. The fourth-order valence-electron chi connectivity index (χ4n) is 9.84. The van der Waals surface area contributed by atoms with Gasteiger partial charge in [-0.1, -0.05) is 124 Å². The number of nitrogens with zero attached hydrogens (tertiary/aromatic N) is 1. The second-order valence-electron chi connectivity index (χ2n) is 21.1.